The number of rotatable bonds is 5. The average molecular weight is 321 g/mol. The zero-order valence-electron chi connectivity index (χ0n) is 13.7. The fraction of sp³-hybridized carbons (Fsp3) is 0.158. The first-order chi connectivity index (χ1) is 11.6. The van der Waals surface area contributed by atoms with Crippen LogP contribution in [0.1, 0.15) is 18.2 Å². The SMILES string of the molecule is C/C(=N/NC(=O)CNc1ccc(C)cc1)c1cc2ccccc2o1. The van der Waals surface area contributed by atoms with Crippen molar-refractivity contribution in [3.05, 3.63) is 65.9 Å². The van der Waals surface area contributed by atoms with E-state index < -0.39 is 0 Å². The Morgan fingerprint density at radius 1 is 1.12 bits per heavy atom. The molecule has 2 aromatic carbocycles. The second-order valence-corrected chi connectivity index (χ2v) is 5.60. The van der Waals surface area contributed by atoms with Crippen molar-refractivity contribution >= 4 is 28.3 Å². The van der Waals surface area contributed by atoms with Crippen LogP contribution in [0.25, 0.3) is 11.0 Å². The number of nitrogens with zero attached hydrogens (tertiary/aromatic N) is 1. The molecule has 2 N–H and O–H groups in total. The first-order valence-corrected chi connectivity index (χ1v) is 7.74. The topological polar surface area (TPSA) is 66.6 Å². The molecular weight excluding hydrogens is 302 g/mol. The number of hydrogen-bond donors (Lipinski definition) is 2. The van der Waals surface area contributed by atoms with E-state index in [0.29, 0.717) is 11.5 Å². The smallest absolute Gasteiger partial charge is 0.259 e. The second kappa shape index (κ2) is 7.00. The molecule has 1 aromatic heterocycles. The van der Waals surface area contributed by atoms with Crippen molar-refractivity contribution in [1.29, 1.82) is 0 Å². The zero-order valence-corrected chi connectivity index (χ0v) is 13.7. The van der Waals surface area contributed by atoms with Gasteiger partial charge in [0.25, 0.3) is 5.91 Å². The predicted molar refractivity (Wildman–Crippen MR) is 96.2 cm³/mol. The number of amides is 1. The molecular formula is C19H19N3O2. The Balaban J connectivity index is 1.57. The van der Waals surface area contributed by atoms with Crippen LogP contribution in [0.2, 0.25) is 0 Å². The largest absolute Gasteiger partial charge is 0.455 e. The summed E-state index contributed by atoms with van der Waals surface area (Å²) in [5, 5.41) is 8.16. The Morgan fingerprint density at radius 3 is 2.62 bits per heavy atom. The van der Waals surface area contributed by atoms with Crippen LogP contribution in [-0.2, 0) is 4.79 Å². The molecule has 0 aliphatic heterocycles. The van der Waals surface area contributed by atoms with Crippen molar-refractivity contribution in [3.8, 4) is 0 Å². The minimum atomic E-state index is -0.217. The van der Waals surface area contributed by atoms with Crippen LogP contribution in [0.4, 0.5) is 5.69 Å². The Morgan fingerprint density at radius 2 is 1.88 bits per heavy atom. The lowest BCUT2D eigenvalue weighted by Gasteiger charge is -2.05. The third kappa shape index (κ3) is 3.81. The van der Waals surface area contributed by atoms with Gasteiger partial charge >= 0.3 is 0 Å². The number of nitrogens with one attached hydrogen (secondary N) is 2. The van der Waals surface area contributed by atoms with Crippen molar-refractivity contribution in [1.82, 2.24) is 5.43 Å². The van der Waals surface area contributed by atoms with Gasteiger partial charge in [0.1, 0.15) is 11.3 Å². The minimum Gasteiger partial charge on any atom is -0.455 e. The number of carbonyl (C=O) groups excluding carboxylic acids is 1. The van der Waals surface area contributed by atoms with E-state index in [4.69, 9.17) is 4.42 Å². The van der Waals surface area contributed by atoms with Crippen LogP contribution >= 0.6 is 0 Å². The van der Waals surface area contributed by atoms with Gasteiger partial charge in [-0.25, -0.2) is 5.43 Å². The molecule has 24 heavy (non-hydrogen) atoms. The molecule has 0 bridgehead atoms. The van der Waals surface area contributed by atoms with Crippen LogP contribution in [0.15, 0.2) is 64.1 Å². The molecule has 0 unspecified atom stereocenters. The molecule has 0 saturated carbocycles. The van der Waals surface area contributed by atoms with Crippen molar-refractivity contribution < 1.29 is 9.21 Å². The molecule has 122 valence electrons. The lowest BCUT2D eigenvalue weighted by molar-refractivity contribution is -0.119. The van der Waals surface area contributed by atoms with Gasteiger partial charge in [0.15, 0.2) is 5.76 Å². The Labute approximate surface area is 140 Å². The van der Waals surface area contributed by atoms with Gasteiger partial charge in [0.2, 0.25) is 0 Å². The number of hydrogen-bond acceptors (Lipinski definition) is 4. The minimum absolute atomic E-state index is 0.153. The highest BCUT2D eigenvalue weighted by Crippen LogP contribution is 2.19. The molecule has 5 nitrogen and oxygen atoms in total. The first-order valence-electron chi connectivity index (χ1n) is 7.74. The number of carbonyl (C=O) groups is 1. The van der Waals surface area contributed by atoms with Crippen LogP contribution in [0, 0.1) is 6.92 Å². The van der Waals surface area contributed by atoms with Gasteiger partial charge in [-0.1, -0.05) is 35.9 Å². The Hall–Kier alpha value is -3.08. The van der Waals surface area contributed by atoms with Crippen molar-refractivity contribution in [3.63, 3.8) is 0 Å². The highest BCUT2D eigenvalue weighted by atomic mass is 16.3. The highest BCUT2D eigenvalue weighted by molar-refractivity contribution is 6.00. The molecule has 0 aliphatic carbocycles. The predicted octanol–water partition coefficient (Wildman–Crippen LogP) is 3.69. The van der Waals surface area contributed by atoms with E-state index in [1.165, 1.54) is 5.56 Å². The fourth-order valence-corrected chi connectivity index (χ4v) is 2.25. The maximum Gasteiger partial charge on any atom is 0.259 e. The summed E-state index contributed by atoms with van der Waals surface area (Å²) in [5.74, 6) is 0.425. The molecule has 0 saturated heterocycles. The molecule has 0 spiro atoms. The maximum absolute atomic E-state index is 11.9. The van der Waals surface area contributed by atoms with Crippen LogP contribution < -0.4 is 10.7 Å². The van der Waals surface area contributed by atoms with Crippen LogP contribution in [0.3, 0.4) is 0 Å². The first kappa shape index (κ1) is 15.8. The standard InChI is InChI=1S/C19H19N3O2/c1-13-7-9-16(10-8-13)20-12-19(23)22-21-14(2)18-11-15-5-3-4-6-17(15)24-18/h3-11,20H,12H2,1-2H3,(H,22,23)/b21-14-. The summed E-state index contributed by atoms with van der Waals surface area (Å²) < 4.78 is 5.70. The van der Waals surface area contributed by atoms with E-state index in [1.54, 1.807) is 6.92 Å². The monoisotopic (exact) mass is 321 g/mol. The zero-order chi connectivity index (χ0) is 16.9. The highest BCUT2D eigenvalue weighted by Gasteiger charge is 2.07. The van der Waals surface area contributed by atoms with E-state index in [2.05, 4.69) is 15.8 Å². The number of hydrazone groups is 1. The summed E-state index contributed by atoms with van der Waals surface area (Å²) in [6, 6.07) is 17.5. The molecule has 0 fully saturated rings. The van der Waals surface area contributed by atoms with Gasteiger partial charge in [0.05, 0.1) is 6.54 Å². The summed E-state index contributed by atoms with van der Waals surface area (Å²) in [6.07, 6.45) is 0. The summed E-state index contributed by atoms with van der Waals surface area (Å²) >= 11 is 0. The van der Waals surface area contributed by atoms with Gasteiger partial charge in [-0.05, 0) is 38.1 Å². The number of anilines is 1. The molecule has 5 heteroatoms. The average Bonchev–Trinajstić information content (AvgIpc) is 3.03. The van der Waals surface area contributed by atoms with E-state index in [0.717, 1.165) is 16.7 Å². The van der Waals surface area contributed by atoms with E-state index in [1.807, 2.05) is 61.5 Å². The second-order valence-electron chi connectivity index (χ2n) is 5.60. The Bertz CT molecular complexity index is 846. The lowest BCUT2D eigenvalue weighted by atomic mass is 10.2. The summed E-state index contributed by atoms with van der Waals surface area (Å²) in [5.41, 5.74) is 6.03. The Kier molecular flexibility index (Phi) is 4.61. The molecule has 3 rings (SSSR count). The quantitative estimate of drug-likeness (QED) is 0.556. The van der Waals surface area contributed by atoms with Crippen LogP contribution in [0.5, 0.6) is 0 Å². The van der Waals surface area contributed by atoms with Crippen molar-refractivity contribution in [2.45, 2.75) is 13.8 Å². The van der Waals surface area contributed by atoms with Crippen LogP contribution in [-0.4, -0.2) is 18.2 Å². The fourth-order valence-electron chi connectivity index (χ4n) is 2.25. The third-order valence-electron chi connectivity index (χ3n) is 3.64. The van der Waals surface area contributed by atoms with Crippen molar-refractivity contribution in [2.24, 2.45) is 5.10 Å². The molecule has 1 amide bonds. The van der Waals surface area contributed by atoms with E-state index in [-0.39, 0.29) is 12.5 Å². The number of benzene rings is 2. The number of aryl methyl sites for hydroxylation is 1. The lowest BCUT2D eigenvalue weighted by Crippen LogP contribution is -2.26. The number of para-hydroxylation sites is 1. The molecule has 1 heterocycles. The van der Waals surface area contributed by atoms with Gasteiger partial charge < -0.3 is 9.73 Å². The number of fused-ring (bicyclic) bond motifs is 1. The summed E-state index contributed by atoms with van der Waals surface area (Å²) in [4.78, 5) is 11.9. The van der Waals surface area contributed by atoms with Gasteiger partial charge in [-0.3, -0.25) is 4.79 Å². The molecule has 0 atom stereocenters. The van der Waals surface area contributed by atoms with Gasteiger partial charge in [0, 0.05) is 11.1 Å². The van der Waals surface area contributed by atoms with Gasteiger partial charge in [-0.15, -0.1) is 0 Å². The molecule has 3 aromatic rings. The molecule has 0 radical (unpaired) electrons. The maximum atomic E-state index is 11.9. The van der Waals surface area contributed by atoms with Crippen molar-refractivity contribution in [2.75, 3.05) is 11.9 Å². The summed E-state index contributed by atoms with van der Waals surface area (Å²) in [7, 11) is 0. The van der Waals surface area contributed by atoms with E-state index in [9.17, 15) is 4.79 Å². The third-order valence-corrected chi connectivity index (χ3v) is 3.64. The number of furan rings is 1. The summed E-state index contributed by atoms with van der Waals surface area (Å²) in [6.45, 7) is 3.97. The van der Waals surface area contributed by atoms with Gasteiger partial charge in [-0.2, -0.15) is 5.10 Å². The normalized spacial score (nSPS) is 11.5. The van der Waals surface area contributed by atoms with E-state index >= 15 is 0 Å². The molecule has 0 aliphatic rings.